The van der Waals surface area contributed by atoms with Gasteiger partial charge in [0, 0.05) is 31.9 Å². The van der Waals surface area contributed by atoms with Crippen molar-refractivity contribution >= 4 is 0 Å². The molecule has 0 amide bonds. The van der Waals surface area contributed by atoms with E-state index < -0.39 is 0 Å². The van der Waals surface area contributed by atoms with Gasteiger partial charge in [-0.05, 0) is 31.8 Å². The first-order valence-corrected chi connectivity index (χ1v) is 7.64. The third-order valence-electron chi connectivity index (χ3n) is 3.75. The Bertz CT molecular complexity index is 368. The summed E-state index contributed by atoms with van der Waals surface area (Å²) >= 11 is 0. The maximum Gasteiger partial charge on any atom is 0.0949 e. The van der Waals surface area contributed by atoms with E-state index >= 15 is 0 Å². The topological polar surface area (TPSA) is 33.1 Å². The van der Waals surface area contributed by atoms with E-state index in [2.05, 4.69) is 40.5 Å². The molecular formula is C15H28N4. The van der Waals surface area contributed by atoms with Crippen LogP contribution in [0, 0.1) is 5.92 Å². The van der Waals surface area contributed by atoms with Crippen LogP contribution in [0.3, 0.4) is 0 Å². The zero-order valence-electron chi connectivity index (χ0n) is 12.6. The van der Waals surface area contributed by atoms with Crippen LogP contribution in [0.2, 0.25) is 0 Å². The molecule has 1 heterocycles. The van der Waals surface area contributed by atoms with Gasteiger partial charge < -0.3 is 9.88 Å². The summed E-state index contributed by atoms with van der Waals surface area (Å²) in [6.45, 7) is 12.1. The zero-order chi connectivity index (χ0) is 13.7. The molecule has 1 aromatic heterocycles. The maximum absolute atomic E-state index is 4.29. The van der Waals surface area contributed by atoms with Gasteiger partial charge in [-0.1, -0.05) is 20.8 Å². The van der Waals surface area contributed by atoms with Crippen LogP contribution in [0.15, 0.2) is 12.5 Å². The van der Waals surface area contributed by atoms with E-state index in [0.29, 0.717) is 5.92 Å². The van der Waals surface area contributed by atoms with Gasteiger partial charge in [-0.25, -0.2) is 4.98 Å². The van der Waals surface area contributed by atoms with E-state index in [4.69, 9.17) is 0 Å². The lowest BCUT2D eigenvalue weighted by molar-refractivity contribution is 0.264. The lowest BCUT2D eigenvalue weighted by Crippen LogP contribution is -2.30. The van der Waals surface area contributed by atoms with Gasteiger partial charge in [0.15, 0.2) is 0 Å². The van der Waals surface area contributed by atoms with Gasteiger partial charge in [-0.2, -0.15) is 0 Å². The van der Waals surface area contributed by atoms with E-state index in [9.17, 15) is 0 Å². The molecule has 0 atom stereocenters. The first kappa shape index (κ1) is 14.5. The van der Waals surface area contributed by atoms with Gasteiger partial charge >= 0.3 is 0 Å². The van der Waals surface area contributed by atoms with Gasteiger partial charge in [0.2, 0.25) is 0 Å². The van der Waals surface area contributed by atoms with Crippen LogP contribution in [0.25, 0.3) is 0 Å². The summed E-state index contributed by atoms with van der Waals surface area (Å²) < 4.78 is 2.29. The standard InChI is InChI=1S/C15H28N4/c1-4-18(14-5-6-14)7-8-19-12-17-11-15(19)10-16-9-13(2)3/h11-14,16H,4-10H2,1-3H3. The Hall–Kier alpha value is -0.870. The summed E-state index contributed by atoms with van der Waals surface area (Å²) in [6.07, 6.45) is 6.73. The molecule has 0 spiro atoms. The number of hydrogen-bond donors (Lipinski definition) is 1. The molecule has 1 aliphatic rings. The Labute approximate surface area is 117 Å². The van der Waals surface area contributed by atoms with E-state index in [1.165, 1.54) is 25.1 Å². The molecule has 19 heavy (non-hydrogen) atoms. The van der Waals surface area contributed by atoms with Crippen LogP contribution in [0.1, 0.15) is 39.3 Å². The molecule has 1 aliphatic carbocycles. The summed E-state index contributed by atoms with van der Waals surface area (Å²) in [5.74, 6) is 0.696. The number of aromatic nitrogens is 2. The minimum atomic E-state index is 0.696. The molecule has 1 aromatic rings. The summed E-state index contributed by atoms with van der Waals surface area (Å²) in [6, 6.07) is 0.857. The molecular weight excluding hydrogens is 236 g/mol. The van der Waals surface area contributed by atoms with Crippen molar-refractivity contribution in [2.75, 3.05) is 19.6 Å². The molecule has 0 radical (unpaired) electrons. The molecule has 1 fully saturated rings. The predicted molar refractivity (Wildman–Crippen MR) is 79.0 cm³/mol. The van der Waals surface area contributed by atoms with E-state index in [1.54, 1.807) is 0 Å². The fraction of sp³-hybridized carbons (Fsp3) is 0.800. The molecule has 0 aromatic carbocycles. The highest BCUT2D eigenvalue weighted by Gasteiger charge is 2.27. The van der Waals surface area contributed by atoms with Crippen LogP contribution >= 0.6 is 0 Å². The van der Waals surface area contributed by atoms with E-state index in [0.717, 1.165) is 32.2 Å². The molecule has 2 rings (SSSR count). The van der Waals surface area contributed by atoms with Crippen LogP contribution in [0.4, 0.5) is 0 Å². The first-order chi connectivity index (χ1) is 9.20. The second kappa shape index (κ2) is 7.06. The Morgan fingerprint density at radius 1 is 1.47 bits per heavy atom. The molecule has 0 unspecified atom stereocenters. The highest BCUT2D eigenvalue weighted by Crippen LogP contribution is 2.26. The van der Waals surface area contributed by atoms with Gasteiger partial charge in [-0.3, -0.25) is 4.90 Å². The Kier molecular flexibility index (Phi) is 5.40. The third kappa shape index (κ3) is 4.62. The van der Waals surface area contributed by atoms with Crippen molar-refractivity contribution in [1.29, 1.82) is 0 Å². The molecule has 0 bridgehead atoms. The highest BCUT2D eigenvalue weighted by atomic mass is 15.2. The van der Waals surface area contributed by atoms with Crippen molar-refractivity contribution in [3.8, 4) is 0 Å². The average Bonchev–Trinajstić information content (AvgIpc) is 3.11. The zero-order valence-corrected chi connectivity index (χ0v) is 12.6. The fourth-order valence-electron chi connectivity index (χ4n) is 2.46. The fourth-order valence-corrected chi connectivity index (χ4v) is 2.46. The highest BCUT2D eigenvalue weighted by molar-refractivity contribution is 4.98. The molecule has 1 N–H and O–H groups in total. The number of hydrogen-bond acceptors (Lipinski definition) is 3. The monoisotopic (exact) mass is 264 g/mol. The number of likely N-dealkylation sites (N-methyl/N-ethyl adjacent to an activating group) is 1. The number of rotatable bonds is 9. The normalized spacial score (nSPS) is 15.6. The van der Waals surface area contributed by atoms with Crippen molar-refractivity contribution in [1.82, 2.24) is 19.8 Å². The van der Waals surface area contributed by atoms with Crippen molar-refractivity contribution < 1.29 is 0 Å². The van der Waals surface area contributed by atoms with Crippen LogP contribution in [-0.4, -0.2) is 40.1 Å². The van der Waals surface area contributed by atoms with Crippen LogP contribution in [0.5, 0.6) is 0 Å². The van der Waals surface area contributed by atoms with Crippen molar-refractivity contribution in [2.24, 2.45) is 5.92 Å². The molecule has 4 nitrogen and oxygen atoms in total. The minimum absolute atomic E-state index is 0.696. The van der Waals surface area contributed by atoms with Gasteiger partial charge in [0.1, 0.15) is 0 Å². The molecule has 4 heteroatoms. The van der Waals surface area contributed by atoms with E-state index in [-0.39, 0.29) is 0 Å². The number of nitrogens with zero attached hydrogens (tertiary/aromatic N) is 3. The Balaban J connectivity index is 1.78. The smallest absolute Gasteiger partial charge is 0.0949 e. The second-order valence-corrected chi connectivity index (χ2v) is 5.96. The van der Waals surface area contributed by atoms with Crippen LogP contribution < -0.4 is 5.32 Å². The molecule has 1 saturated carbocycles. The largest absolute Gasteiger partial charge is 0.332 e. The summed E-state index contributed by atoms with van der Waals surface area (Å²) in [4.78, 5) is 6.88. The summed E-state index contributed by atoms with van der Waals surface area (Å²) in [7, 11) is 0. The average molecular weight is 264 g/mol. The minimum Gasteiger partial charge on any atom is -0.332 e. The molecule has 0 saturated heterocycles. The number of nitrogens with one attached hydrogen (secondary N) is 1. The third-order valence-corrected chi connectivity index (χ3v) is 3.75. The second-order valence-electron chi connectivity index (χ2n) is 5.96. The number of imidazole rings is 1. The molecule has 0 aliphatic heterocycles. The maximum atomic E-state index is 4.29. The van der Waals surface area contributed by atoms with Gasteiger partial charge in [0.05, 0.1) is 12.0 Å². The quantitative estimate of drug-likeness (QED) is 0.741. The van der Waals surface area contributed by atoms with Gasteiger partial charge in [-0.15, -0.1) is 0 Å². The van der Waals surface area contributed by atoms with Gasteiger partial charge in [0.25, 0.3) is 0 Å². The summed E-state index contributed by atoms with van der Waals surface area (Å²) in [5, 5.41) is 3.49. The SMILES string of the molecule is CCN(CCn1cncc1CNCC(C)C)C1CC1. The summed E-state index contributed by atoms with van der Waals surface area (Å²) in [5.41, 5.74) is 1.30. The Morgan fingerprint density at radius 3 is 2.89 bits per heavy atom. The van der Waals surface area contributed by atoms with Crippen molar-refractivity contribution in [2.45, 2.75) is 52.7 Å². The lowest BCUT2D eigenvalue weighted by atomic mass is 10.2. The predicted octanol–water partition coefficient (Wildman–Crippen LogP) is 2.11. The first-order valence-electron chi connectivity index (χ1n) is 7.64. The Morgan fingerprint density at radius 2 is 2.26 bits per heavy atom. The van der Waals surface area contributed by atoms with Crippen LogP contribution in [-0.2, 0) is 13.1 Å². The van der Waals surface area contributed by atoms with E-state index in [1.807, 2.05) is 12.5 Å². The van der Waals surface area contributed by atoms with Crippen molar-refractivity contribution in [3.05, 3.63) is 18.2 Å². The lowest BCUT2D eigenvalue weighted by Gasteiger charge is -2.20. The van der Waals surface area contributed by atoms with Crippen molar-refractivity contribution in [3.63, 3.8) is 0 Å². The molecule has 108 valence electrons.